The van der Waals surface area contributed by atoms with E-state index in [1.807, 2.05) is 11.9 Å². The average molecular weight is 287 g/mol. The number of hydrogen-bond acceptors (Lipinski definition) is 2. The van der Waals surface area contributed by atoms with Crippen LogP contribution in [-0.4, -0.2) is 37.0 Å². The molecule has 1 fully saturated rings. The second-order valence-corrected chi connectivity index (χ2v) is 4.84. The lowest BCUT2D eigenvalue weighted by molar-refractivity contribution is 0.0698. The van der Waals surface area contributed by atoms with Crippen molar-refractivity contribution >= 4 is 18.3 Å². The highest BCUT2D eigenvalue weighted by atomic mass is 35.5. The Labute approximate surface area is 119 Å². The molecule has 1 aromatic carbocycles. The van der Waals surface area contributed by atoms with E-state index in [1.165, 1.54) is 6.07 Å². The van der Waals surface area contributed by atoms with Crippen LogP contribution < -0.4 is 5.32 Å². The second-order valence-electron chi connectivity index (χ2n) is 4.84. The molecule has 1 heterocycles. The number of carbonyl (C=O) groups is 1. The van der Waals surface area contributed by atoms with E-state index in [1.54, 1.807) is 19.1 Å². The Balaban J connectivity index is 0.00000180. The number of amides is 1. The number of nitrogens with zero attached hydrogens (tertiary/aromatic N) is 1. The average Bonchev–Trinajstić information content (AvgIpc) is 2.41. The van der Waals surface area contributed by atoms with Crippen molar-refractivity contribution in [2.45, 2.75) is 25.8 Å². The van der Waals surface area contributed by atoms with Crippen molar-refractivity contribution in [3.8, 4) is 0 Å². The first kappa shape index (κ1) is 15.9. The van der Waals surface area contributed by atoms with Gasteiger partial charge in [0.1, 0.15) is 5.82 Å². The van der Waals surface area contributed by atoms with Crippen LogP contribution in [0.25, 0.3) is 0 Å². The molecule has 0 saturated carbocycles. The molecular weight excluding hydrogens is 267 g/mol. The highest BCUT2D eigenvalue weighted by molar-refractivity contribution is 5.94. The van der Waals surface area contributed by atoms with Gasteiger partial charge in [-0.2, -0.15) is 0 Å². The standard InChI is InChI=1S/C14H19FN2O.ClH/c1-10-8-11(5-6-13(10)15)14(18)17-7-3-4-12(9-17)16-2;/h5-6,8,12,16H,3-4,7,9H2,1-2H3;1H. The summed E-state index contributed by atoms with van der Waals surface area (Å²) in [4.78, 5) is 14.1. The Hall–Kier alpha value is -1.13. The van der Waals surface area contributed by atoms with Crippen LogP contribution in [0.15, 0.2) is 18.2 Å². The van der Waals surface area contributed by atoms with Gasteiger partial charge in [0.25, 0.3) is 5.91 Å². The monoisotopic (exact) mass is 286 g/mol. The van der Waals surface area contributed by atoms with Crippen molar-refractivity contribution < 1.29 is 9.18 Å². The van der Waals surface area contributed by atoms with Crippen molar-refractivity contribution in [3.63, 3.8) is 0 Å². The first-order valence-corrected chi connectivity index (χ1v) is 6.34. The molecule has 3 nitrogen and oxygen atoms in total. The minimum absolute atomic E-state index is 0. The van der Waals surface area contributed by atoms with Crippen LogP contribution in [0.4, 0.5) is 4.39 Å². The van der Waals surface area contributed by atoms with Gasteiger partial charge >= 0.3 is 0 Å². The fourth-order valence-electron chi connectivity index (χ4n) is 2.36. The highest BCUT2D eigenvalue weighted by Gasteiger charge is 2.23. The van der Waals surface area contributed by atoms with Gasteiger partial charge in [-0.15, -0.1) is 12.4 Å². The maximum atomic E-state index is 13.2. The van der Waals surface area contributed by atoms with Crippen molar-refractivity contribution in [1.29, 1.82) is 0 Å². The summed E-state index contributed by atoms with van der Waals surface area (Å²) in [5.41, 5.74) is 1.09. The normalized spacial score (nSPS) is 18.9. The topological polar surface area (TPSA) is 32.3 Å². The number of likely N-dealkylation sites (N-methyl/N-ethyl adjacent to an activating group) is 1. The molecule has 0 bridgehead atoms. The van der Waals surface area contributed by atoms with E-state index in [9.17, 15) is 9.18 Å². The van der Waals surface area contributed by atoms with E-state index >= 15 is 0 Å². The summed E-state index contributed by atoms with van der Waals surface area (Å²) in [6, 6.07) is 4.92. The molecule has 2 rings (SSSR count). The third-order valence-corrected chi connectivity index (χ3v) is 3.52. The predicted octanol–water partition coefficient (Wildman–Crippen LogP) is 2.38. The van der Waals surface area contributed by atoms with Gasteiger partial charge in [0.15, 0.2) is 0 Å². The number of aryl methyl sites for hydroxylation is 1. The first-order valence-electron chi connectivity index (χ1n) is 6.34. The quantitative estimate of drug-likeness (QED) is 0.905. The summed E-state index contributed by atoms with van der Waals surface area (Å²) in [7, 11) is 1.92. The zero-order chi connectivity index (χ0) is 13.1. The minimum Gasteiger partial charge on any atom is -0.337 e. The van der Waals surface area contributed by atoms with Crippen LogP contribution >= 0.6 is 12.4 Å². The number of likely N-dealkylation sites (tertiary alicyclic amines) is 1. The number of nitrogens with one attached hydrogen (secondary N) is 1. The lowest BCUT2D eigenvalue weighted by Crippen LogP contribution is -2.46. The molecule has 1 atom stereocenters. The molecule has 1 aliphatic rings. The molecule has 1 unspecified atom stereocenters. The summed E-state index contributed by atoms with van der Waals surface area (Å²) in [6.07, 6.45) is 2.11. The van der Waals surface area contributed by atoms with Gasteiger partial charge in [0, 0.05) is 24.7 Å². The third-order valence-electron chi connectivity index (χ3n) is 3.52. The summed E-state index contributed by atoms with van der Waals surface area (Å²) in [5.74, 6) is -0.267. The Morgan fingerprint density at radius 1 is 1.47 bits per heavy atom. The smallest absolute Gasteiger partial charge is 0.253 e. The highest BCUT2D eigenvalue weighted by Crippen LogP contribution is 2.16. The molecule has 0 aliphatic carbocycles. The molecule has 1 aliphatic heterocycles. The maximum Gasteiger partial charge on any atom is 0.253 e. The number of piperidine rings is 1. The van der Waals surface area contributed by atoms with Gasteiger partial charge in [-0.1, -0.05) is 0 Å². The molecule has 5 heteroatoms. The maximum absolute atomic E-state index is 13.2. The molecule has 0 aromatic heterocycles. The van der Waals surface area contributed by atoms with Crippen LogP contribution in [0, 0.1) is 12.7 Å². The van der Waals surface area contributed by atoms with Gasteiger partial charge in [0.05, 0.1) is 0 Å². The van der Waals surface area contributed by atoms with E-state index in [4.69, 9.17) is 0 Å². The minimum atomic E-state index is -0.265. The molecular formula is C14H20ClFN2O. The third kappa shape index (κ3) is 3.67. The zero-order valence-corrected chi connectivity index (χ0v) is 12.1. The van der Waals surface area contributed by atoms with E-state index < -0.39 is 0 Å². The van der Waals surface area contributed by atoms with Crippen LogP contribution in [0.1, 0.15) is 28.8 Å². The fraction of sp³-hybridized carbons (Fsp3) is 0.500. The number of benzene rings is 1. The van der Waals surface area contributed by atoms with Crippen LogP contribution in [-0.2, 0) is 0 Å². The Kier molecular flexibility index (Phi) is 5.76. The zero-order valence-electron chi connectivity index (χ0n) is 11.3. The summed E-state index contributed by atoms with van der Waals surface area (Å²) in [6.45, 7) is 3.19. The van der Waals surface area contributed by atoms with Crippen molar-refractivity contribution in [2.75, 3.05) is 20.1 Å². The molecule has 19 heavy (non-hydrogen) atoms. The molecule has 1 aromatic rings. The largest absolute Gasteiger partial charge is 0.337 e. The second kappa shape index (κ2) is 6.87. The van der Waals surface area contributed by atoms with Gasteiger partial charge in [-0.05, 0) is 50.6 Å². The van der Waals surface area contributed by atoms with Gasteiger partial charge in [-0.3, -0.25) is 4.79 Å². The van der Waals surface area contributed by atoms with E-state index in [0.29, 0.717) is 17.2 Å². The van der Waals surface area contributed by atoms with Crippen molar-refractivity contribution in [2.24, 2.45) is 0 Å². The summed E-state index contributed by atoms with van der Waals surface area (Å²) >= 11 is 0. The molecule has 1 saturated heterocycles. The predicted molar refractivity (Wildman–Crippen MR) is 76.4 cm³/mol. The molecule has 0 spiro atoms. The van der Waals surface area contributed by atoms with Crippen LogP contribution in [0.3, 0.4) is 0 Å². The molecule has 1 N–H and O–H groups in total. The van der Waals surface area contributed by atoms with Crippen molar-refractivity contribution in [3.05, 3.63) is 35.1 Å². The number of rotatable bonds is 2. The molecule has 0 radical (unpaired) electrons. The van der Waals surface area contributed by atoms with E-state index in [0.717, 1.165) is 25.9 Å². The Morgan fingerprint density at radius 3 is 2.84 bits per heavy atom. The fourth-order valence-corrected chi connectivity index (χ4v) is 2.36. The SMILES string of the molecule is CNC1CCCN(C(=O)c2ccc(F)c(C)c2)C1.Cl. The Morgan fingerprint density at radius 2 is 2.21 bits per heavy atom. The summed E-state index contributed by atoms with van der Waals surface area (Å²) < 4.78 is 13.2. The van der Waals surface area contributed by atoms with Crippen LogP contribution in [0.2, 0.25) is 0 Å². The number of hydrogen-bond donors (Lipinski definition) is 1. The first-order chi connectivity index (χ1) is 8.61. The Bertz CT molecular complexity index is 453. The molecule has 1 amide bonds. The van der Waals surface area contributed by atoms with E-state index in [-0.39, 0.29) is 24.1 Å². The lowest BCUT2D eigenvalue weighted by Gasteiger charge is -2.32. The van der Waals surface area contributed by atoms with Crippen molar-refractivity contribution in [1.82, 2.24) is 10.2 Å². The lowest BCUT2D eigenvalue weighted by atomic mass is 10.0. The number of carbonyl (C=O) groups excluding carboxylic acids is 1. The van der Waals surface area contributed by atoms with Crippen LogP contribution in [0.5, 0.6) is 0 Å². The van der Waals surface area contributed by atoms with Gasteiger partial charge in [0.2, 0.25) is 0 Å². The summed E-state index contributed by atoms with van der Waals surface area (Å²) in [5, 5.41) is 3.21. The van der Waals surface area contributed by atoms with E-state index in [2.05, 4.69) is 5.32 Å². The van der Waals surface area contributed by atoms with Gasteiger partial charge in [-0.25, -0.2) is 4.39 Å². The number of halogens is 2. The molecule has 106 valence electrons. The van der Waals surface area contributed by atoms with Gasteiger partial charge < -0.3 is 10.2 Å².